The van der Waals surface area contributed by atoms with E-state index in [1.165, 1.54) is 31.7 Å². The molecule has 10 heteroatoms. The number of hydrogen-bond donors (Lipinski definition) is 0. The van der Waals surface area contributed by atoms with Crippen molar-refractivity contribution in [2.24, 2.45) is 0 Å². The molecular formula is C89H53N7OS2. The fourth-order valence-corrected chi connectivity index (χ4v) is 15.7. The van der Waals surface area contributed by atoms with Crippen LogP contribution in [0.25, 0.3) is 197 Å². The van der Waals surface area contributed by atoms with Gasteiger partial charge in [-0.3, -0.25) is 4.98 Å². The molecule has 0 fully saturated rings. The zero-order valence-electron chi connectivity index (χ0n) is 53.0. The van der Waals surface area contributed by atoms with Crippen LogP contribution in [0.2, 0.25) is 0 Å². The highest BCUT2D eigenvalue weighted by molar-refractivity contribution is 7.22. The summed E-state index contributed by atoms with van der Waals surface area (Å²) in [5.74, 6) is 3.46. The Morgan fingerprint density at radius 2 is 0.636 bits per heavy atom. The topological polar surface area (TPSA) is 103 Å². The van der Waals surface area contributed by atoms with Crippen molar-refractivity contribution in [3.8, 4) is 134 Å². The van der Waals surface area contributed by atoms with Crippen molar-refractivity contribution in [2.75, 3.05) is 0 Å². The number of fused-ring (bicyclic) bond motifs is 7. The number of aromatic nitrogens is 7. The second kappa shape index (κ2) is 24.2. The summed E-state index contributed by atoms with van der Waals surface area (Å²) in [6.07, 6.45) is 3.67. The van der Waals surface area contributed by atoms with Crippen LogP contribution >= 0.6 is 22.7 Å². The summed E-state index contributed by atoms with van der Waals surface area (Å²) in [6.45, 7) is 0. The van der Waals surface area contributed by atoms with Gasteiger partial charge in [-0.1, -0.05) is 237 Å². The Morgan fingerprint density at radius 3 is 1.19 bits per heavy atom. The average molecular weight is 1300 g/mol. The number of nitrogens with zero attached hydrogens (tertiary/aromatic N) is 7. The Balaban J connectivity index is 0.694. The van der Waals surface area contributed by atoms with E-state index < -0.39 is 0 Å². The number of benzene rings is 13. The van der Waals surface area contributed by atoms with E-state index in [2.05, 4.69) is 290 Å². The van der Waals surface area contributed by atoms with Gasteiger partial charge in [0.2, 0.25) is 0 Å². The Morgan fingerprint density at radius 1 is 0.222 bits per heavy atom. The zero-order chi connectivity index (χ0) is 65.3. The molecule has 0 amide bonds. The highest BCUT2D eigenvalue weighted by Crippen LogP contribution is 2.44. The molecule has 0 saturated carbocycles. The highest BCUT2D eigenvalue weighted by Gasteiger charge is 2.22. The maximum absolute atomic E-state index is 6.68. The number of pyridine rings is 1. The largest absolute Gasteiger partial charge is 0.456 e. The van der Waals surface area contributed by atoms with Crippen molar-refractivity contribution in [3.63, 3.8) is 0 Å². The lowest BCUT2D eigenvalue weighted by atomic mass is 9.95. The summed E-state index contributed by atoms with van der Waals surface area (Å²) in [6, 6.07) is 109. The maximum Gasteiger partial charge on any atom is 0.164 e. The molecule has 8 nitrogen and oxygen atoms in total. The Kier molecular flexibility index (Phi) is 14.1. The molecule has 462 valence electrons. The molecule has 0 N–H and O–H groups in total. The Bertz CT molecular complexity index is 6300. The first kappa shape index (κ1) is 57.7. The quantitative estimate of drug-likeness (QED) is 0.119. The minimum Gasteiger partial charge on any atom is -0.456 e. The highest BCUT2D eigenvalue weighted by atomic mass is 32.1. The molecule has 0 spiro atoms. The molecule has 0 unspecified atom stereocenters. The summed E-state index contributed by atoms with van der Waals surface area (Å²) >= 11 is 3.56. The van der Waals surface area contributed by atoms with E-state index in [1.54, 1.807) is 28.9 Å². The van der Waals surface area contributed by atoms with Gasteiger partial charge in [0, 0.05) is 75.7 Å². The van der Waals surface area contributed by atoms with E-state index in [9.17, 15) is 0 Å². The molecule has 0 saturated heterocycles. The lowest BCUT2D eigenvalue weighted by Crippen LogP contribution is -2.01. The number of furan rings is 1. The van der Waals surface area contributed by atoms with Crippen LogP contribution in [-0.2, 0) is 0 Å². The third-order valence-corrected chi connectivity index (χ3v) is 21.0. The monoisotopic (exact) mass is 1300 g/mol. The maximum atomic E-state index is 6.68. The van der Waals surface area contributed by atoms with E-state index in [-0.39, 0.29) is 0 Å². The summed E-state index contributed by atoms with van der Waals surface area (Å²) < 4.78 is 9.08. The standard InChI is InChI=1S/C89H53N7OS2/c1-3-12-54(13-4-1)62-33-35-66-46-71(41-37-64(66)44-62)87-92-84(59-27-21-56(22-28-59)73-17-11-43-90-53-73)91-85(93-87)60-29-25-58(26-30-60)82-50-70-40-39-68(48-83(70)99-82)75-51-76-74-18-8-9-19-78(74)97-79(76)52-77(75)89-95-86(61-31-23-57(24-32-61)81-49-69-16-7-10-20-80(69)98-81)94-88(96-89)72-42-38-65-45-63(34-36-67(65)47-72)55-14-5-2-6-15-55/h1-53H. The van der Waals surface area contributed by atoms with Gasteiger partial charge in [0.1, 0.15) is 11.2 Å². The fourth-order valence-electron chi connectivity index (χ4n) is 13.5. The second-order valence-electron chi connectivity index (χ2n) is 24.9. The molecule has 0 atom stereocenters. The van der Waals surface area contributed by atoms with Crippen molar-refractivity contribution in [2.45, 2.75) is 0 Å². The van der Waals surface area contributed by atoms with Gasteiger partial charge in [0.15, 0.2) is 34.9 Å². The molecule has 0 aliphatic rings. The van der Waals surface area contributed by atoms with Crippen LogP contribution in [0.1, 0.15) is 0 Å². The van der Waals surface area contributed by atoms with Crippen LogP contribution in [0.5, 0.6) is 0 Å². The van der Waals surface area contributed by atoms with Gasteiger partial charge in [-0.25, -0.2) is 29.9 Å². The summed E-state index contributed by atoms with van der Waals surface area (Å²) in [5, 5.41) is 8.90. The molecule has 19 aromatic rings. The van der Waals surface area contributed by atoms with Crippen LogP contribution in [-0.4, -0.2) is 34.9 Å². The van der Waals surface area contributed by atoms with Crippen LogP contribution in [0, 0.1) is 0 Å². The summed E-state index contributed by atoms with van der Waals surface area (Å²) in [4.78, 5) is 38.4. The molecule has 6 aromatic heterocycles. The van der Waals surface area contributed by atoms with Crippen molar-refractivity contribution >= 4 is 86.3 Å². The van der Waals surface area contributed by atoms with Crippen molar-refractivity contribution < 1.29 is 4.42 Å². The van der Waals surface area contributed by atoms with Crippen LogP contribution in [0.3, 0.4) is 0 Å². The minimum atomic E-state index is 0.540. The molecular weight excluding hydrogens is 1250 g/mol. The lowest BCUT2D eigenvalue weighted by molar-refractivity contribution is 0.669. The predicted molar refractivity (Wildman–Crippen MR) is 409 cm³/mol. The smallest absolute Gasteiger partial charge is 0.164 e. The van der Waals surface area contributed by atoms with Gasteiger partial charge in [0.25, 0.3) is 0 Å². The first-order valence-electron chi connectivity index (χ1n) is 32.9. The minimum absolute atomic E-state index is 0.540. The molecule has 0 aliphatic heterocycles. The second-order valence-corrected chi connectivity index (χ2v) is 27.0. The molecule has 13 aromatic carbocycles. The molecule has 0 radical (unpaired) electrons. The van der Waals surface area contributed by atoms with Gasteiger partial charge in [-0.05, 0) is 161 Å². The van der Waals surface area contributed by atoms with E-state index in [1.807, 2.05) is 30.5 Å². The number of para-hydroxylation sites is 1. The first-order valence-corrected chi connectivity index (χ1v) is 34.5. The summed E-state index contributed by atoms with van der Waals surface area (Å²) in [7, 11) is 0. The normalized spacial score (nSPS) is 11.6. The van der Waals surface area contributed by atoms with Crippen molar-refractivity contribution in [1.82, 2.24) is 34.9 Å². The molecule has 6 heterocycles. The van der Waals surface area contributed by atoms with Crippen molar-refractivity contribution in [3.05, 3.63) is 322 Å². The number of thiophene rings is 2. The van der Waals surface area contributed by atoms with Crippen LogP contribution in [0.4, 0.5) is 0 Å². The van der Waals surface area contributed by atoms with Gasteiger partial charge < -0.3 is 4.42 Å². The number of hydrogen-bond acceptors (Lipinski definition) is 10. The lowest BCUT2D eigenvalue weighted by Gasteiger charge is -2.13. The zero-order valence-corrected chi connectivity index (χ0v) is 54.6. The third-order valence-electron chi connectivity index (χ3n) is 18.7. The molecule has 0 bridgehead atoms. The van der Waals surface area contributed by atoms with E-state index in [0.717, 1.165) is 131 Å². The predicted octanol–water partition coefficient (Wildman–Crippen LogP) is 24.1. The van der Waals surface area contributed by atoms with Gasteiger partial charge in [0.05, 0.1) is 0 Å². The van der Waals surface area contributed by atoms with Crippen LogP contribution in [0.15, 0.2) is 326 Å². The van der Waals surface area contributed by atoms with E-state index in [0.29, 0.717) is 34.9 Å². The fraction of sp³-hybridized carbons (Fsp3) is 0. The number of rotatable bonds is 12. The van der Waals surface area contributed by atoms with E-state index >= 15 is 0 Å². The van der Waals surface area contributed by atoms with Gasteiger partial charge in [-0.15, -0.1) is 22.7 Å². The Labute approximate surface area is 577 Å². The summed E-state index contributed by atoms with van der Waals surface area (Å²) in [5.41, 5.74) is 17.9. The third kappa shape index (κ3) is 11.0. The first-order chi connectivity index (χ1) is 48.9. The Hall–Kier alpha value is -12.7. The average Bonchev–Trinajstić information content (AvgIpc) is 1.65. The van der Waals surface area contributed by atoms with Crippen LogP contribution < -0.4 is 0 Å². The van der Waals surface area contributed by atoms with Gasteiger partial charge in [-0.2, -0.15) is 0 Å². The molecule has 0 aliphatic carbocycles. The van der Waals surface area contributed by atoms with Gasteiger partial charge >= 0.3 is 0 Å². The van der Waals surface area contributed by atoms with Crippen molar-refractivity contribution in [1.29, 1.82) is 0 Å². The molecule has 99 heavy (non-hydrogen) atoms. The van der Waals surface area contributed by atoms with E-state index in [4.69, 9.17) is 34.3 Å². The molecule has 19 rings (SSSR count). The SMILES string of the molecule is c1ccc(-c2ccc3cc(-c4nc(-c5ccc(-c6cccnc6)cc5)nc(-c5ccc(-c6cc7ccc(-c8cc9c(cc8-c8nc(-c%10ccc(-c%11cc%12ccccc%12s%11)cc%10)nc(-c%10ccc%11cc(-c%12ccccc%12)ccc%11c%10)n8)oc8ccccc89)cc7s6)cc5)n4)ccc3c2)cc1.